The summed E-state index contributed by atoms with van der Waals surface area (Å²) in [6, 6.07) is 13.7. The third-order valence-corrected chi connectivity index (χ3v) is 5.10. The van der Waals surface area contributed by atoms with E-state index in [2.05, 4.69) is 17.2 Å². The zero-order valence-electron chi connectivity index (χ0n) is 18.0. The number of carbonyl (C=O) groups is 3. The van der Waals surface area contributed by atoms with Gasteiger partial charge in [0.1, 0.15) is 6.04 Å². The average Bonchev–Trinajstić information content (AvgIpc) is 3.27. The van der Waals surface area contributed by atoms with Crippen molar-refractivity contribution in [1.29, 1.82) is 0 Å². The average molecular weight is 418 g/mol. The molecular formula is C25H26N2O4. The molecule has 0 radical (unpaired) electrons. The number of anilines is 1. The molecule has 160 valence electrons. The van der Waals surface area contributed by atoms with Gasteiger partial charge in [-0.25, -0.2) is 4.79 Å². The number of methoxy groups -OCH3 is 1. The van der Waals surface area contributed by atoms with Crippen LogP contribution in [0.15, 0.2) is 48.5 Å². The number of rotatable bonds is 4. The SMILES string of the molecule is COC(=O)c1cccc(C#Cc2cccc(NC(=O)C3CCCN3C(=O)C(C)C)c2)c1. The summed E-state index contributed by atoms with van der Waals surface area (Å²) in [4.78, 5) is 38.5. The Bertz CT molecular complexity index is 1050. The largest absolute Gasteiger partial charge is 0.465 e. The molecule has 1 atom stereocenters. The summed E-state index contributed by atoms with van der Waals surface area (Å²) in [5, 5.41) is 2.92. The number of benzene rings is 2. The van der Waals surface area contributed by atoms with E-state index in [-0.39, 0.29) is 17.7 Å². The lowest BCUT2D eigenvalue weighted by Crippen LogP contribution is -2.44. The zero-order chi connectivity index (χ0) is 22.4. The van der Waals surface area contributed by atoms with Gasteiger partial charge in [-0.05, 0) is 49.2 Å². The van der Waals surface area contributed by atoms with Crippen molar-refractivity contribution in [3.05, 3.63) is 65.2 Å². The summed E-state index contributed by atoms with van der Waals surface area (Å²) in [7, 11) is 1.34. The van der Waals surface area contributed by atoms with Crippen molar-refractivity contribution in [2.24, 2.45) is 5.92 Å². The number of esters is 1. The predicted molar refractivity (Wildman–Crippen MR) is 118 cm³/mol. The van der Waals surface area contributed by atoms with E-state index in [1.165, 1.54) is 7.11 Å². The van der Waals surface area contributed by atoms with E-state index in [1.54, 1.807) is 35.2 Å². The highest BCUT2D eigenvalue weighted by molar-refractivity contribution is 5.97. The fraction of sp³-hybridized carbons (Fsp3) is 0.320. The van der Waals surface area contributed by atoms with E-state index in [9.17, 15) is 14.4 Å². The molecule has 1 unspecified atom stereocenters. The van der Waals surface area contributed by atoms with Gasteiger partial charge in [0, 0.05) is 29.3 Å². The van der Waals surface area contributed by atoms with Crippen LogP contribution in [0.3, 0.4) is 0 Å². The molecule has 0 aromatic heterocycles. The van der Waals surface area contributed by atoms with Crippen LogP contribution in [0, 0.1) is 17.8 Å². The van der Waals surface area contributed by atoms with Gasteiger partial charge in [0.05, 0.1) is 12.7 Å². The van der Waals surface area contributed by atoms with Gasteiger partial charge in [-0.1, -0.05) is 37.8 Å². The van der Waals surface area contributed by atoms with Gasteiger partial charge in [0.15, 0.2) is 0 Å². The lowest BCUT2D eigenvalue weighted by molar-refractivity contribution is -0.139. The number of likely N-dealkylation sites (tertiary alicyclic amines) is 1. The molecule has 0 saturated carbocycles. The molecule has 1 saturated heterocycles. The molecule has 1 fully saturated rings. The van der Waals surface area contributed by atoms with Crippen LogP contribution in [0.5, 0.6) is 0 Å². The lowest BCUT2D eigenvalue weighted by atomic mass is 10.1. The van der Waals surface area contributed by atoms with E-state index in [0.29, 0.717) is 29.8 Å². The molecule has 0 bridgehead atoms. The van der Waals surface area contributed by atoms with Gasteiger partial charge < -0.3 is 15.0 Å². The summed E-state index contributed by atoms with van der Waals surface area (Å²) in [6.45, 7) is 4.31. The Morgan fingerprint density at radius 1 is 1.06 bits per heavy atom. The van der Waals surface area contributed by atoms with Crippen LogP contribution < -0.4 is 5.32 Å². The van der Waals surface area contributed by atoms with Crippen LogP contribution in [-0.4, -0.2) is 42.4 Å². The van der Waals surface area contributed by atoms with Gasteiger partial charge in [0.25, 0.3) is 0 Å². The van der Waals surface area contributed by atoms with Crippen molar-refractivity contribution in [2.45, 2.75) is 32.7 Å². The minimum Gasteiger partial charge on any atom is -0.465 e. The summed E-state index contributed by atoms with van der Waals surface area (Å²) in [5.74, 6) is 5.36. The normalized spacial score (nSPS) is 15.2. The first-order valence-corrected chi connectivity index (χ1v) is 10.3. The van der Waals surface area contributed by atoms with Gasteiger partial charge >= 0.3 is 5.97 Å². The first-order valence-electron chi connectivity index (χ1n) is 10.3. The summed E-state index contributed by atoms with van der Waals surface area (Å²) >= 11 is 0. The molecule has 0 spiro atoms. The second-order valence-corrected chi connectivity index (χ2v) is 7.74. The highest BCUT2D eigenvalue weighted by atomic mass is 16.5. The molecule has 3 rings (SSSR count). The molecule has 1 heterocycles. The topological polar surface area (TPSA) is 75.7 Å². The number of ether oxygens (including phenoxy) is 1. The van der Waals surface area contributed by atoms with Crippen molar-refractivity contribution in [1.82, 2.24) is 4.90 Å². The van der Waals surface area contributed by atoms with Gasteiger partial charge in [0.2, 0.25) is 11.8 Å². The Kier molecular flexibility index (Phi) is 7.09. The van der Waals surface area contributed by atoms with Crippen molar-refractivity contribution in [3.63, 3.8) is 0 Å². The fourth-order valence-electron chi connectivity index (χ4n) is 3.52. The Balaban J connectivity index is 1.72. The highest BCUT2D eigenvalue weighted by Crippen LogP contribution is 2.21. The molecule has 2 amide bonds. The van der Waals surface area contributed by atoms with E-state index in [4.69, 9.17) is 4.74 Å². The van der Waals surface area contributed by atoms with Crippen LogP contribution in [0.4, 0.5) is 5.69 Å². The molecule has 31 heavy (non-hydrogen) atoms. The Morgan fingerprint density at radius 3 is 2.42 bits per heavy atom. The molecule has 0 aliphatic carbocycles. The molecular weight excluding hydrogens is 392 g/mol. The number of nitrogens with one attached hydrogen (secondary N) is 1. The van der Waals surface area contributed by atoms with E-state index >= 15 is 0 Å². The molecule has 1 aliphatic heterocycles. The highest BCUT2D eigenvalue weighted by Gasteiger charge is 2.34. The summed E-state index contributed by atoms with van der Waals surface area (Å²) < 4.78 is 4.73. The smallest absolute Gasteiger partial charge is 0.337 e. The minimum atomic E-state index is -0.439. The first kappa shape index (κ1) is 22.1. The van der Waals surface area contributed by atoms with Crippen LogP contribution in [0.2, 0.25) is 0 Å². The van der Waals surface area contributed by atoms with Crippen molar-refractivity contribution < 1.29 is 19.1 Å². The second-order valence-electron chi connectivity index (χ2n) is 7.74. The van der Waals surface area contributed by atoms with E-state index in [0.717, 1.165) is 12.0 Å². The van der Waals surface area contributed by atoms with Crippen molar-refractivity contribution in [2.75, 3.05) is 19.0 Å². The van der Waals surface area contributed by atoms with Crippen LogP contribution >= 0.6 is 0 Å². The molecule has 2 aromatic rings. The number of nitrogens with zero attached hydrogens (tertiary/aromatic N) is 1. The Labute approximate surface area is 182 Å². The van der Waals surface area contributed by atoms with Gasteiger partial charge in [-0.2, -0.15) is 0 Å². The minimum absolute atomic E-state index is 0.00597. The van der Waals surface area contributed by atoms with E-state index in [1.807, 2.05) is 32.0 Å². The number of amides is 2. The first-order chi connectivity index (χ1) is 14.9. The standard InChI is InChI=1S/C25H26N2O4/c1-17(2)24(29)27-14-6-11-22(27)23(28)26-21-10-5-8-19(16-21)13-12-18-7-4-9-20(15-18)25(30)31-3/h4-5,7-10,15-17,22H,6,11,14H2,1-3H3,(H,26,28). The maximum absolute atomic E-state index is 12.8. The molecule has 6 nitrogen and oxygen atoms in total. The van der Waals surface area contributed by atoms with Crippen molar-refractivity contribution in [3.8, 4) is 11.8 Å². The summed E-state index contributed by atoms with van der Waals surface area (Å²) in [5.41, 5.74) is 2.48. The fourth-order valence-corrected chi connectivity index (χ4v) is 3.52. The molecule has 2 aromatic carbocycles. The van der Waals surface area contributed by atoms with Crippen LogP contribution in [0.25, 0.3) is 0 Å². The lowest BCUT2D eigenvalue weighted by Gasteiger charge is -2.25. The number of hydrogen-bond donors (Lipinski definition) is 1. The van der Waals surface area contributed by atoms with Gasteiger partial charge in [-0.3, -0.25) is 9.59 Å². The molecule has 6 heteroatoms. The summed E-state index contributed by atoms with van der Waals surface area (Å²) in [6.07, 6.45) is 1.49. The number of carbonyl (C=O) groups excluding carboxylic acids is 3. The zero-order valence-corrected chi connectivity index (χ0v) is 18.0. The van der Waals surface area contributed by atoms with Gasteiger partial charge in [-0.15, -0.1) is 0 Å². The molecule has 1 N–H and O–H groups in total. The second kappa shape index (κ2) is 9.94. The Hall–Kier alpha value is -3.59. The third kappa shape index (κ3) is 5.52. The van der Waals surface area contributed by atoms with E-state index < -0.39 is 12.0 Å². The van der Waals surface area contributed by atoms with Crippen LogP contribution in [0.1, 0.15) is 48.2 Å². The third-order valence-electron chi connectivity index (χ3n) is 5.10. The monoisotopic (exact) mass is 418 g/mol. The maximum Gasteiger partial charge on any atom is 0.337 e. The maximum atomic E-state index is 12.8. The quantitative estimate of drug-likeness (QED) is 0.610. The molecule has 1 aliphatic rings. The van der Waals surface area contributed by atoms with Crippen molar-refractivity contribution >= 4 is 23.5 Å². The Morgan fingerprint density at radius 2 is 1.74 bits per heavy atom. The van der Waals surface area contributed by atoms with Crippen LogP contribution in [-0.2, 0) is 14.3 Å². The number of hydrogen-bond acceptors (Lipinski definition) is 4. The predicted octanol–water partition coefficient (Wildman–Crippen LogP) is 3.46.